The van der Waals surface area contributed by atoms with Crippen LogP contribution in [-0.2, 0) is 19.3 Å². The third kappa shape index (κ3) is 6.67. The number of anilines is 1. The Hall–Kier alpha value is -4.13. The number of aryl methyl sites for hydroxylation is 2. The Balaban J connectivity index is 1.36. The molecule has 42 heavy (non-hydrogen) atoms. The standard InChI is InChI=1S/C33H34F3N5O/c1-4-12-41-13-11-29-26(20-37-21-31(29)41)8-7-24-18-25(6-5-23(24)2)32(42)38-28-10-9-27(30(19-28)33(34,35)36)22-40-16-14-39(3)15-17-40/h5-6,9-11,13,18-21H,4,12,14-17,22H2,1-3H3,(H,38,42). The number of hydrogen-bond donors (Lipinski definition) is 1. The van der Waals surface area contributed by atoms with Gasteiger partial charge in [-0.2, -0.15) is 13.2 Å². The van der Waals surface area contributed by atoms with Crippen LogP contribution >= 0.6 is 0 Å². The maximum atomic E-state index is 14.0. The molecule has 1 N–H and O–H groups in total. The van der Waals surface area contributed by atoms with Gasteiger partial charge in [0.15, 0.2) is 0 Å². The van der Waals surface area contributed by atoms with Crippen molar-refractivity contribution in [2.75, 3.05) is 38.5 Å². The van der Waals surface area contributed by atoms with Crippen molar-refractivity contribution in [1.82, 2.24) is 19.4 Å². The van der Waals surface area contributed by atoms with Crippen LogP contribution in [0.2, 0.25) is 0 Å². The highest BCUT2D eigenvalue weighted by molar-refractivity contribution is 6.04. The molecular weight excluding hydrogens is 539 g/mol. The predicted molar refractivity (Wildman–Crippen MR) is 159 cm³/mol. The summed E-state index contributed by atoms with van der Waals surface area (Å²) < 4.78 is 44.2. The zero-order valence-electron chi connectivity index (χ0n) is 24.1. The van der Waals surface area contributed by atoms with Gasteiger partial charge in [-0.05, 0) is 61.9 Å². The number of carbonyl (C=O) groups excluding carboxylic acids is 1. The third-order valence-electron chi connectivity index (χ3n) is 7.66. The number of likely N-dealkylation sites (N-methyl/N-ethyl adjacent to an activating group) is 1. The van der Waals surface area contributed by atoms with Crippen LogP contribution in [0.4, 0.5) is 18.9 Å². The van der Waals surface area contributed by atoms with E-state index >= 15 is 0 Å². The van der Waals surface area contributed by atoms with Crippen LogP contribution in [0.15, 0.2) is 61.1 Å². The van der Waals surface area contributed by atoms with E-state index in [4.69, 9.17) is 0 Å². The molecular formula is C33H34F3N5O. The van der Waals surface area contributed by atoms with Crippen molar-refractivity contribution in [2.24, 2.45) is 0 Å². The van der Waals surface area contributed by atoms with Crippen molar-refractivity contribution in [3.63, 3.8) is 0 Å². The fraction of sp³-hybridized carbons (Fsp3) is 0.333. The summed E-state index contributed by atoms with van der Waals surface area (Å²) in [4.78, 5) is 21.6. The van der Waals surface area contributed by atoms with Crippen LogP contribution in [0.3, 0.4) is 0 Å². The molecule has 9 heteroatoms. The molecule has 5 rings (SSSR count). The van der Waals surface area contributed by atoms with Crippen LogP contribution in [0.5, 0.6) is 0 Å². The molecule has 1 amide bonds. The summed E-state index contributed by atoms with van der Waals surface area (Å²) in [6.07, 6.45) is 2.05. The van der Waals surface area contributed by atoms with Crippen molar-refractivity contribution >= 4 is 22.5 Å². The number of piperazine rings is 1. The lowest BCUT2D eigenvalue weighted by atomic mass is 10.0. The first-order valence-corrected chi connectivity index (χ1v) is 14.1. The van der Waals surface area contributed by atoms with E-state index < -0.39 is 17.6 Å². The van der Waals surface area contributed by atoms with E-state index in [0.29, 0.717) is 24.2 Å². The first-order valence-electron chi connectivity index (χ1n) is 14.1. The number of aromatic nitrogens is 2. The van der Waals surface area contributed by atoms with E-state index in [1.165, 1.54) is 12.1 Å². The molecule has 218 valence electrons. The molecule has 0 aliphatic carbocycles. The summed E-state index contributed by atoms with van der Waals surface area (Å²) in [5.41, 5.74) is 3.22. The lowest BCUT2D eigenvalue weighted by Crippen LogP contribution is -2.44. The van der Waals surface area contributed by atoms with E-state index in [2.05, 4.69) is 38.5 Å². The zero-order chi connectivity index (χ0) is 29.9. The number of pyridine rings is 1. The van der Waals surface area contributed by atoms with Gasteiger partial charge in [0.2, 0.25) is 0 Å². The lowest BCUT2D eigenvalue weighted by molar-refractivity contribution is -0.138. The first kappa shape index (κ1) is 29.4. The Bertz CT molecular complexity index is 1660. The molecule has 4 aromatic rings. The molecule has 0 radical (unpaired) electrons. The smallest absolute Gasteiger partial charge is 0.346 e. The summed E-state index contributed by atoms with van der Waals surface area (Å²) in [5, 5.41) is 3.65. The molecule has 0 saturated carbocycles. The fourth-order valence-electron chi connectivity index (χ4n) is 5.18. The van der Waals surface area contributed by atoms with Crippen molar-refractivity contribution in [2.45, 2.75) is 39.5 Å². The second kappa shape index (κ2) is 12.4. The fourth-order valence-corrected chi connectivity index (χ4v) is 5.18. The lowest BCUT2D eigenvalue weighted by Gasteiger charge is -2.33. The Kier molecular flexibility index (Phi) is 8.66. The predicted octanol–water partition coefficient (Wildman–Crippen LogP) is 6.17. The van der Waals surface area contributed by atoms with Gasteiger partial charge in [-0.15, -0.1) is 0 Å². The van der Waals surface area contributed by atoms with Crippen LogP contribution in [0.25, 0.3) is 10.9 Å². The third-order valence-corrected chi connectivity index (χ3v) is 7.66. The number of carbonyl (C=O) groups is 1. The van der Waals surface area contributed by atoms with E-state index in [1.807, 2.05) is 37.3 Å². The zero-order valence-corrected chi connectivity index (χ0v) is 24.1. The van der Waals surface area contributed by atoms with Gasteiger partial charge in [-0.3, -0.25) is 14.7 Å². The number of nitrogens with one attached hydrogen (secondary N) is 1. The van der Waals surface area contributed by atoms with Gasteiger partial charge in [0.1, 0.15) is 0 Å². The number of alkyl halides is 3. The van der Waals surface area contributed by atoms with Gasteiger partial charge in [-0.25, -0.2) is 0 Å². The van der Waals surface area contributed by atoms with E-state index in [-0.39, 0.29) is 17.8 Å². The van der Waals surface area contributed by atoms with E-state index in [1.54, 1.807) is 24.4 Å². The SMILES string of the molecule is CCCn1ccc2c(C#Cc3cc(C(=O)Nc4ccc(CN5CCN(C)CC5)c(C(F)(F)F)c4)ccc3C)cncc21. The first-order chi connectivity index (χ1) is 20.1. The van der Waals surface area contributed by atoms with Gasteiger partial charge in [0.05, 0.1) is 22.8 Å². The van der Waals surface area contributed by atoms with Gasteiger partial charge >= 0.3 is 6.18 Å². The topological polar surface area (TPSA) is 53.4 Å². The number of rotatable bonds is 6. The second-order valence-electron chi connectivity index (χ2n) is 10.8. The van der Waals surface area contributed by atoms with Gasteiger partial charge < -0.3 is 14.8 Å². The van der Waals surface area contributed by atoms with Crippen molar-refractivity contribution in [1.29, 1.82) is 0 Å². The highest BCUT2D eigenvalue weighted by atomic mass is 19.4. The molecule has 1 aliphatic rings. The highest BCUT2D eigenvalue weighted by Gasteiger charge is 2.34. The largest absolute Gasteiger partial charge is 0.416 e. The number of amides is 1. The van der Waals surface area contributed by atoms with E-state index in [0.717, 1.165) is 54.2 Å². The molecule has 0 bridgehead atoms. The average Bonchev–Trinajstić information content (AvgIpc) is 3.37. The molecule has 0 atom stereocenters. The Morgan fingerprint density at radius 3 is 2.50 bits per heavy atom. The van der Waals surface area contributed by atoms with E-state index in [9.17, 15) is 18.0 Å². The molecule has 0 unspecified atom stereocenters. The Morgan fingerprint density at radius 2 is 1.76 bits per heavy atom. The van der Waals surface area contributed by atoms with Gasteiger partial charge in [0.25, 0.3) is 5.91 Å². The van der Waals surface area contributed by atoms with Crippen LogP contribution < -0.4 is 5.32 Å². The molecule has 2 aromatic heterocycles. The molecule has 0 spiro atoms. The molecule has 3 heterocycles. The van der Waals surface area contributed by atoms with Crippen LogP contribution in [0, 0.1) is 18.8 Å². The number of benzene rings is 2. The Labute approximate surface area is 244 Å². The van der Waals surface area contributed by atoms with Crippen LogP contribution in [-0.4, -0.2) is 58.5 Å². The number of hydrogen-bond acceptors (Lipinski definition) is 4. The molecule has 6 nitrogen and oxygen atoms in total. The van der Waals surface area contributed by atoms with Crippen molar-refractivity contribution < 1.29 is 18.0 Å². The maximum Gasteiger partial charge on any atom is 0.416 e. The monoisotopic (exact) mass is 573 g/mol. The normalized spacial score (nSPS) is 14.5. The number of nitrogens with zero attached hydrogens (tertiary/aromatic N) is 4. The maximum absolute atomic E-state index is 14.0. The summed E-state index contributed by atoms with van der Waals surface area (Å²) in [6.45, 7) is 8.18. The molecule has 1 aliphatic heterocycles. The summed E-state index contributed by atoms with van der Waals surface area (Å²) >= 11 is 0. The Morgan fingerprint density at radius 1 is 1.00 bits per heavy atom. The molecule has 1 fully saturated rings. The number of halogens is 3. The highest BCUT2D eigenvalue weighted by Crippen LogP contribution is 2.35. The minimum atomic E-state index is -4.54. The number of fused-ring (bicyclic) bond motifs is 1. The van der Waals surface area contributed by atoms with Crippen LogP contribution in [0.1, 0.15) is 51.5 Å². The summed E-state index contributed by atoms with van der Waals surface area (Å²) in [7, 11) is 2.00. The molecule has 1 saturated heterocycles. The summed E-state index contributed by atoms with van der Waals surface area (Å²) in [5.74, 6) is 5.86. The van der Waals surface area contributed by atoms with Gasteiger partial charge in [0, 0.05) is 73.9 Å². The molecule has 2 aromatic carbocycles. The minimum Gasteiger partial charge on any atom is -0.346 e. The quantitative estimate of drug-likeness (QED) is 0.280. The minimum absolute atomic E-state index is 0.0944. The summed E-state index contributed by atoms with van der Waals surface area (Å²) in [6, 6.07) is 11.2. The van der Waals surface area contributed by atoms with Crippen molar-refractivity contribution in [3.05, 3.63) is 94.4 Å². The van der Waals surface area contributed by atoms with Crippen molar-refractivity contribution in [3.8, 4) is 11.8 Å². The second-order valence-corrected chi connectivity index (χ2v) is 10.8. The average molecular weight is 574 g/mol. The van der Waals surface area contributed by atoms with Gasteiger partial charge in [-0.1, -0.05) is 30.9 Å².